The van der Waals surface area contributed by atoms with Gasteiger partial charge in [0.2, 0.25) is 5.91 Å². The van der Waals surface area contributed by atoms with Gasteiger partial charge in [-0.05, 0) is 54.7 Å². The molecule has 0 bridgehead atoms. The van der Waals surface area contributed by atoms with Crippen molar-refractivity contribution in [3.05, 3.63) is 54.2 Å². The lowest BCUT2D eigenvalue weighted by Crippen LogP contribution is -2.30. The van der Waals surface area contributed by atoms with Crippen LogP contribution in [0.5, 0.6) is 0 Å². The van der Waals surface area contributed by atoms with Crippen molar-refractivity contribution >= 4 is 22.8 Å². The van der Waals surface area contributed by atoms with E-state index in [1.54, 1.807) is 6.07 Å². The van der Waals surface area contributed by atoms with Crippen molar-refractivity contribution in [2.24, 2.45) is 5.73 Å². The fourth-order valence-electron chi connectivity index (χ4n) is 3.31. The molecular weight excluding hydrogens is 312 g/mol. The standard InChI is InChI=1S/C20H20N4O/c21-20(25)16-6-4-5-14(11-16)15-7-8-17-18(12-15)23-19(13-22-17)24-9-2-1-3-10-24/h4-8,11-13H,1-3,9-10H2,(H2,21,25). The number of amides is 1. The van der Waals surface area contributed by atoms with Gasteiger partial charge in [0, 0.05) is 18.7 Å². The number of nitrogens with zero attached hydrogens (tertiary/aromatic N) is 3. The highest BCUT2D eigenvalue weighted by molar-refractivity contribution is 5.94. The van der Waals surface area contributed by atoms with E-state index >= 15 is 0 Å². The molecule has 0 unspecified atom stereocenters. The van der Waals surface area contributed by atoms with E-state index in [4.69, 9.17) is 10.7 Å². The molecule has 2 N–H and O–H groups in total. The lowest BCUT2D eigenvalue weighted by atomic mass is 10.0. The summed E-state index contributed by atoms with van der Waals surface area (Å²) < 4.78 is 0. The second-order valence-electron chi connectivity index (χ2n) is 6.42. The molecule has 126 valence electrons. The Hall–Kier alpha value is -2.95. The Morgan fingerprint density at radius 2 is 1.76 bits per heavy atom. The summed E-state index contributed by atoms with van der Waals surface area (Å²) >= 11 is 0. The van der Waals surface area contributed by atoms with Crippen LogP contribution in [0.15, 0.2) is 48.7 Å². The molecule has 1 fully saturated rings. The maximum Gasteiger partial charge on any atom is 0.248 e. The van der Waals surface area contributed by atoms with E-state index in [1.165, 1.54) is 19.3 Å². The molecule has 1 aliphatic rings. The minimum Gasteiger partial charge on any atom is -0.366 e. The van der Waals surface area contributed by atoms with Gasteiger partial charge in [0.25, 0.3) is 0 Å². The number of hydrogen-bond donors (Lipinski definition) is 1. The largest absolute Gasteiger partial charge is 0.366 e. The van der Waals surface area contributed by atoms with Crippen LogP contribution < -0.4 is 10.6 Å². The lowest BCUT2D eigenvalue weighted by Gasteiger charge is -2.27. The van der Waals surface area contributed by atoms with Gasteiger partial charge in [-0.1, -0.05) is 18.2 Å². The molecule has 2 heterocycles. The normalized spacial score (nSPS) is 14.6. The minimum absolute atomic E-state index is 0.421. The van der Waals surface area contributed by atoms with E-state index in [-0.39, 0.29) is 0 Å². The molecule has 5 heteroatoms. The van der Waals surface area contributed by atoms with Crippen molar-refractivity contribution in [3.8, 4) is 11.1 Å². The number of benzene rings is 2. The van der Waals surface area contributed by atoms with E-state index in [1.807, 2.05) is 42.6 Å². The highest BCUT2D eigenvalue weighted by Gasteiger charge is 2.13. The average Bonchev–Trinajstić information content (AvgIpc) is 2.68. The number of aromatic nitrogens is 2. The van der Waals surface area contributed by atoms with Crippen LogP contribution in [-0.2, 0) is 0 Å². The van der Waals surface area contributed by atoms with Crippen molar-refractivity contribution in [2.45, 2.75) is 19.3 Å². The molecule has 0 radical (unpaired) electrons. The fraction of sp³-hybridized carbons (Fsp3) is 0.250. The zero-order chi connectivity index (χ0) is 17.2. The van der Waals surface area contributed by atoms with Crippen molar-refractivity contribution < 1.29 is 4.79 Å². The van der Waals surface area contributed by atoms with Gasteiger partial charge >= 0.3 is 0 Å². The van der Waals surface area contributed by atoms with Gasteiger partial charge in [0.1, 0.15) is 5.82 Å². The first-order valence-electron chi connectivity index (χ1n) is 8.63. The third-order valence-electron chi connectivity index (χ3n) is 4.69. The molecule has 0 spiro atoms. The average molecular weight is 332 g/mol. The molecule has 2 aromatic carbocycles. The van der Waals surface area contributed by atoms with E-state index in [9.17, 15) is 4.79 Å². The highest BCUT2D eigenvalue weighted by atomic mass is 16.1. The quantitative estimate of drug-likeness (QED) is 0.798. The number of hydrogen-bond acceptors (Lipinski definition) is 4. The molecule has 0 atom stereocenters. The molecule has 0 aliphatic carbocycles. The number of carbonyl (C=O) groups excluding carboxylic acids is 1. The van der Waals surface area contributed by atoms with Crippen LogP contribution in [0.25, 0.3) is 22.2 Å². The number of nitrogens with two attached hydrogens (primary N) is 1. The number of fused-ring (bicyclic) bond motifs is 1. The van der Waals surface area contributed by atoms with Crippen LogP contribution in [0, 0.1) is 0 Å². The van der Waals surface area contributed by atoms with Crippen LogP contribution in [0.2, 0.25) is 0 Å². The Morgan fingerprint density at radius 1 is 0.960 bits per heavy atom. The van der Waals surface area contributed by atoms with Crippen LogP contribution >= 0.6 is 0 Å². The van der Waals surface area contributed by atoms with Gasteiger partial charge in [-0.15, -0.1) is 0 Å². The molecule has 3 aromatic rings. The maximum absolute atomic E-state index is 11.4. The molecule has 1 aromatic heterocycles. The van der Waals surface area contributed by atoms with E-state index < -0.39 is 5.91 Å². The lowest BCUT2D eigenvalue weighted by molar-refractivity contribution is 0.100. The summed E-state index contributed by atoms with van der Waals surface area (Å²) in [6.07, 6.45) is 5.57. The summed E-state index contributed by atoms with van der Waals surface area (Å²) in [6, 6.07) is 13.3. The van der Waals surface area contributed by atoms with Crippen molar-refractivity contribution in [3.63, 3.8) is 0 Å². The fourth-order valence-corrected chi connectivity index (χ4v) is 3.31. The zero-order valence-electron chi connectivity index (χ0n) is 14.0. The predicted molar refractivity (Wildman–Crippen MR) is 99.6 cm³/mol. The smallest absolute Gasteiger partial charge is 0.248 e. The molecule has 1 amide bonds. The van der Waals surface area contributed by atoms with Crippen LogP contribution in [0.4, 0.5) is 5.82 Å². The Morgan fingerprint density at radius 3 is 2.56 bits per heavy atom. The predicted octanol–water partition coefficient (Wildman–Crippen LogP) is 3.39. The third-order valence-corrected chi connectivity index (χ3v) is 4.69. The summed E-state index contributed by atoms with van der Waals surface area (Å²) in [4.78, 5) is 23.1. The van der Waals surface area contributed by atoms with Gasteiger partial charge in [-0.3, -0.25) is 9.78 Å². The second-order valence-corrected chi connectivity index (χ2v) is 6.42. The van der Waals surface area contributed by atoms with Gasteiger partial charge in [0.05, 0.1) is 17.2 Å². The van der Waals surface area contributed by atoms with Crippen LogP contribution in [-0.4, -0.2) is 29.0 Å². The van der Waals surface area contributed by atoms with Crippen molar-refractivity contribution in [1.29, 1.82) is 0 Å². The number of anilines is 1. The van der Waals surface area contributed by atoms with E-state index in [0.29, 0.717) is 5.56 Å². The van der Waals surface area contributed by atoms with E-state index in [2.05, 4.69) is 9.88 Å². The molecule has 1 aliphatic heterocycles. The molecule has 5 nitrogen and oxygen atoms in total. The third kappa shape index (κ3) is 3.18. The van der Waals surface area contributed by atoms with Gasteiger partial charge in [0.15, 0.2) is 0 Å². The van der Waals surface area contributed by atoms with Crippen LogP contribution in [0.1, 0.15) is 29.6 Å². The summed E-state index contributed by atoms with van der Waals surface area (Å²) in [6.45, 7) is 2.08. The maximum atomic E-state index is 11.4. The number of primary amides is 1. The highest BCUT2D eigenvalue weighted by Crippen LogP contribution is 2.25. The number of piperidine rings is 1. The Kier molecular flexibility index (Phi) is 4.06. The first-order chi connectivity index (χ1) is 12.2. The molecular formula is C20H20N4O. The van der Waals surface area contributed by atoms with Gasteiger partial charge in [-0.2, -0.15) is 0 Å². The van der Waals surface area contributed by atoms with Gasteiger partial charge in [-0.25, -0.2) is 4.98 Å². The molecule has 0 saturated carbocycles. The first-order valence-corrected chi connectivity index (χ1v) is 8.63. The topological polar surface area (TPSA) is 72.1 Å². The number of rotatable bonds is 3. The molecule has 25 heavy (non-hydrogen) atoms. The van der Waals surface area contributed by atoms with Crippen LogP contribution in [0.3, 0.4) is 0 Å². The van der Waals surface area contributed by atoms with Crippen molar-refractivity contribution in [2.75, 3.05) is 18.0 Å². The molecule has 4 rings (SSSR count). The summed E-state index contributed by atoms with van der Waals surface area (Å²) in [5, 5.41) is 0. The summed E-state index contributed by atoms with van der Waals surface area (Å²) in [5.41, 5.74) is 9.58. The Labute approximate surface area is 146 Å². The molecule has 1 saturated heterocycles. The summed E-state index contributed by atoms with van der Waals surface area (Å²) in [5.74, 6) is 0.519. The minimum atomic E-state index is -0.421. The Balaban J connectivity index is 1.73. The zero-order valence-corrected chi connectivity index (χ0v) is 14.0. The summed E-state index contributed by atoms with van der Waals surface area (Å²) in [7, 11) is 0. The Bertz CT molecular complexity index is 932. The van der Waals surface area contributed by atoms with Crippen molar-refractivity contribution in [1.82, 2.24) is 9.97 Å². The monoisotopic (exact) mass is 332 g/mol. The van der Waals surface area contributed by atoms with Gasteiger partial charge < -0.3 is 10.6 Å². The second kappa shape index (κ2) is 6.51. The first kappa shape index (κ1) is 15.6. The van der Waals surface area contributed by atoms with E-state index in [0.717, 1.165) is 41.1 Å². The number of carbonyl (C=O) groups is 1. The SMILES string of the molecule is NC(=O)c1cccc(-c2ccc3ncc(N4CCCCC4)nc3c2)c1.